The molecule has 0 aromatic rings. The SMILES string of the molecule is [CH-]=C[CH2-].[Ce]. The summed E-state index contributed by atoms with van der Waals surface area (Å²) < 4.78 is 0. The molecule has 0 saturated carbocycles. The first-order chi connectivity index (χ1) is 1.41. The minimum absolute atomic E-state index is 0. The number of hydrogen-bond acceptors (Lipinski definition) is 0. The Kier molecular flexibility index (Phi) is 20.0. The molecule has 0 rings (SSSR count). The van der Waals surface area contributed by atoms with Gasteiger partial charge in [-0.3, -0.25) is 0 Å². The summed E-state index contributed by atoms with van der Waals surface area (Å²) in [6.45, 7) is 7.75. The van der Waals surface area contributed by atoms with Crippen LogP contribution in [0.4, 0.5) is 0 Å². The molecule has 0 aliphatic rings. The molecule has 0 fully saturated rings. The van der Waals surface area contributed by atoms with Crippen LogP contribution in [0.1, 0.15) is 0 Å². The molecule has 0 aromatic heterocycles. The summed E-state index contributed by atoms with van der Waals surface area (Å²) in [5, 5.41) is 0. The van der Waals surface area contributed by atoms with Crippen LogP contribution in [-0.4, -0.2) is 0 Å². The van der Waals surface area contributed by atoms with E-state index in [1.807, 2.05) is 0 Å². The van der Waals surface area contributed by atoms with Crippen LogP contribution < -0.4 is 0 Å². The zero-order chi connectivity index (χ0) is 2.71. The Labute approximate surface area is 60.7 Å². The summed E-state index contributed by atoms with van der Waals surface area (Å²) in [5.41, 5.74) is 0. The van der Waals surface area contributed by atoms with Gasteiger partial charge in [0, 0.05) is 41.7 Å². The van der Waals surface area contributed by atoms with Crippen LogP contribution in [-0.2, 0) is 0 Å². The minimum Gasteiger partial charge on any atom is -0.549 e. The molecule has 1 heteroatoms. The predicted octanol–water partition coefficient (Wildman–Crippen LogP) is 0.810. The summed E-state index contributed by atoms with van der Waals surface area (Å²) in [7, 11) is 0. The molecule has 0 heterocycles. The maximum absolute atomic E-state index is 4.61. The van der Waals surface area contributed by atoms with Crippen molar-refractivity contribution in [3.8, 4) is 0 Å². The molecule has 0 aromatic carbocycles. The van der Waals surface area contributed by atoms with Crippen LogP contribution in [0.15, 0.2) is 6.08 Å². The largest absolute Gasteiger partial charge is 0.549 e. The molecule has 4 heavy (non-hydrogen) atoms. The Morgan fingerprint density at radius 2 is 1.75 bits per heavy atom. The van der Waals surface area contributed by atoms with Gasteiger partial charge < -0.3 is 19.6 Å². The van der Waals surface area contributed by atoms with Crippen molar-refractivity contribution >= 4 is 0 Å². The Balaban J connectivity index is 0. The summed E-state index contributed by atoms with van der Waals surface area (Å²) in [6.07, 6.45) is 1.25. The van der Waals surface area contributed by atoms with Crippen LogP contribution >= 0.6 is 0 Å². The normalized spacial score (nSPS) is 3.00. The van der Waals surface area contributed by atoms with Gasteiger partial charge in [-0.15, -0.1) is 0 Å². The van der Waals surface area contributed by atoms with Crippen molar-refractivity contribution in [1.82, 2.24) is 0 Å². The van der Waals surface area contributed by atoms with Gasteiger partial charge in [0.1, 0.15) is 0 Å². The molecule has 0 unspecified atom stereocenters. The van der Waals surface area contributed by atoms with Gasteiger partial charge in [0.2, 0.25) is 0 Å². The van der Waals surface area contributed by atoms with Gasteiger partial charge >= 0.3 is 0 Å². The topological polar surface area (TPSA) is 0 Å². The standard InChI is InChI=1S/C3H4.Ce/c1-3-2;/h1,3H,2H2;/q-2;. The van der Waals surface area contributed by atoms with Gasteiger partial charge in [-0.25, -0.2) is 0 Å². The predicted molar refractivity (Wildman–Crippen MR) is 14.2 cm³/mol. The molecule has 0 aliphatic heterocycles. The van der Waals surface area contributed by atoms with Gasteiger partial charge in [0.15, 0.2) is 0 Å². The van der Waals surface area contributed by atoms with E-state index in [0.717, 1.165) is 0 Å². The zero-order valence-electron chi connectivity index (χ0n) is 2.36. The third kappa shape index (κ3) is 12.1. The molecular weight excluding hydrogens is 176 g/mol. The van der Waals surface area contributed by atoms with Gasteiger partial charge in [0.25, 0.3) is 0 Å². The molecule has 0 radical (unpaired) electrons. The van der Waals surface area contributed by atoms with Crippen molar-refractivity contribution < 1.29 is 41.7 Å². The molecular formula is C3H4Ce-2. The second-order valence-corrected chi connectivity index (χ2v) is 0.236. The first-order valence-electron chi connectivity index (χ1n) is 0.742. The minimum atomic E-state index is 0. The Morgan fingerprint density at radius 1 is 1.75 bits per heavy atom. The third-order valence-electron chi connectivity index (χ3n) is 0. The van der Waals surface area contributed by atoms with Crippen LogP contribution in [0.5, 0.6) is 0 Å². The van der Waals surface area contributed by atoms with Gasteiger partial charge in [-0.2, -0.15) is 0 Å². The van der Waals surface area contributed by atoms with Gasteiger partial charge in [-0.05, 0) is 0 Å². The Hall–Kier alpha value is 0.987. The van der Waals surface area contributed by atoms with Gasteiger partial charge in [-0.1, -0.05) is 0 Å². The number of allylic oxidation sites excluding steroid dienone is 1. The van der Waals surface area contributed by atoms with E-state index in [0.29, 0.717) is 0 Å². The molecule has 0 bridgehead atoms. The van der Waals surface area contributed by atoms with Crippen molar-refractivity contribution in [3.63, 3.8) is 0 Å². The molecule has 0 aliphatic carbocycles. The first kappa shape index (κ1) is 8.88. The fourth-order valence-electron chi connectivity index (χ4n) is 0. The molecule has 0 amide bonds. The maximum atomic E-state index is 4.61. The van der Waals surface area contributed by atoms with E-state index in [1.165, 1.54) is 6.08 Å². The summed E-state index contributed by atoms with van der Waals surface area (Å²) in [6, 6.07) is 0. The van der Waals surface area contributed by atoms with Crippen LogP contribution in [0, 0.1) is 55.2 Å². The second-order valence-electron chi connectivity index (χ2n) is 0.236. The first-order valence-corrected chi connectivity index (χ1v) is 0.742. The van der Waals surface area contributed by atoms with Crippen molar-refractivity contribution in [2.45, 2.75) is 0 Å². The van der Waals surface area contributed by atoms with E-state index in [1.54, 1.807) is 0 Å². The molecule has 0 spiro atoms. The van der Waals surface area contributed by atoms with Crippen molar-refractivity contribution in [2.75, 3.05) is 0 Å². The van der Waals surface area contributed by atoms with Gasteiger partial charge in [0.05, 0.1) is 0 Å². The average molecular weight is 180 g/mol. The Morgan fingerprint density at radius 3 is 1.75 bits per heavy atom. The molecule has 0 saturated heterocycles. The van der Waals surface area contributed by atoms with E-state index in [4.69, 9.17) is 0 Å². The van der Waals surface area contributed by atoms with E-state index >= 15 is 0 Å². The summed E-state index contributed by atoms with van der Waals surface area (Å²) >= 11 is 0. The van der Waals surface area contributed by atoms with Crippen molar-refractivity contribution in [2.24, 2.45) is 0 Å². The van der Waals surface area contributed by atoms with E-state index < -0.39 is 0 Å². The quantitative estimate of drug-likeness (QED) is 0.484. The monoisotopic (exact) mass is 180 g/mol. The number of rotatable bonds is 0. The zero-order valence-corrected chi connectivity index (χ0v) is 5.50. The van der Waals surface area contributed by atoms with Crippen LogP contribution in [0.2, 0.25) is 0 Å². The fourth-order valence-corrected chi connectivity index (χ4v) is 0. The Bertz CT molecular complexity index is 10.8. The molecule has 22 valence electrons. The van der Waals surface area contributed by atoms with E-state index in [-0.39, 0.29) is 41.7 Å². The summed E-state index contributed by atoms with van der Waals surface area (Å²) in [4.78, 5) is 0. The second kappa shape index (κ2) is 9.01. The molecule has 0 nitrogen and oxygen atoms in total. The third-order valence-corrected chi connectivity index (χ3v) is 0. The van der Waals surface area contributed by atoms with Crippen LogP contribution in [0.3, 0.4) is 0 Å². The van der Waals surface area contributed by atoms with E-state index in [2.05, 4.69) is 13.5 Å². The maximum Gasteiger partial charge on any atom is 0 e. The van der Waals surface area contributed by atoms with E-state index in [9.17, 15) is 0 Å². The number of hydrogen-bond donors (Lipinski definition) is 0. The summed E-state index contributed by atoms with van der Waals surface area (Å²) in [5.74, 6) is 0. The van der Waals surface area contributed by atoms with Crippen molar-refractivity contribution in [3.05, 3.63) is 19.6 Å². The molecule has 0 N–H and O–H groups in total. The van der Waals surface area contributed by atoms with Crippen molar-refractivity contribution in [1.29, 1.82) is 0 Å². The average Bonchev–Trinajstić information content (AvgIpc) is 0.918. The van der Waals surface area contributed by atoms with Crippen LogP contribution in [0.25, 0.3) is 0 Å². The smallest absolute Gasteiger partial charge is 0 e. The molecule has 0 atom stereocenters. The fraction of sp³-hybridized carbons (Fsp3) is 0.